The molecule has 25 heavy (non-hydrogen) atoms. The van der Waals surface area contributed by atoms with E-state index in [1.807, 2.05) is 6.07 Å². The smallest absolute Gasteiger partial charge is 0.234 e. The Kier molecular flexibility index (Phi) is 8.48. The van der Waals surface area contributed by atoms with Crippen molar-refractivity contribution in [3.8, 4) is 5.75 Å². The molecule has 1 aromatic carbocycles. The normalized spacial score (nSPS) is 19.5. The summed E-state index contributed by atoms with van der Waals surface area (Å²) in [7, 11) is 0. The third kappa shape index (κ3) is 5.00. The van der Waals surface area contributed by atoms with Crippen LogP contribution in [0.4, 0.5) is 0 Å². The van der Waals surface area contributed by atoms with Gasteiger partial charge in [0, 0.05) is 23.7 Å². The van der Waals surface area contributed by atoms with Crippen LogP contribution in [0.15, 0.2) is 6.07 Å². The summed E-state index contributed by atoms with van der Waals surface area (Å²) in [6.07, 6.45) is 5.43. The van der Waals surface area contributed by atoms with E-state index in [9.17, 15) is 9.90 Å². The van der Waals surface area contributed by atoms with Crippen LogP contribution < -0.4 is 11.1 Å². The molecule has 1 saturated heterocycles. The lowest BCUT2D eigenvalue weighted by molar-refractivity contribution is -0.122. The van der Waals surface area contributed by atoms with Crippen LogP contribution in [-0.4, -0.2) is 35.5 Å². The molecular formula is C18H29Cl2N3O2. The summed E-state index contributed by atoms with van der Waals surface area (Å²) in [4.78, 5) is 14.3. The fraction of sp³-hybridized carbons (Fsp3) is 0.611. The van der Waals surface area contributed by atoms with Crippen LogP contribution >= 0.6 is 24.8 Å². The highest BCUT2D eigenvalue weighted by molar-refractivity contribution is 5.85. The second kappa shape index (κ2) is 9.62. The molecule has 1 unspecified atom stereocenters. The molecular weight excluding hydrogens is 361 g/mol. The van der Waals surface area contributed by atoms with Gasteiger partial charge in [0.15, 0.2) is 0 Å². The number of halogens is 2. The maximum atomic E-state index is 12.1. The van der Waals surface area contributed by atoms with Crippen molar-refractivity contribution >= 4 is 30.7 Å². The van der Waals surface area contributed by atoms with Gasteiger partial charge in [-0.15, -0.1) is 24.8 Å². The van der Waals surface area contributed by atoms with Gasteiger partial charge in [0.25, 0.3) is 0 Å². The molecule has 0 radical (unpaired) electrons. The Labute approximate surface area is 162 Å². The van der Waals surface area contributed by atoms with E-state index in [-0.39, 0.29) is 42.5 Å². The van der Waals surface area contributed by atoms with Crippen molar-refractivity contribution in [2.75, 3.05) is 19.6 Å². The van der Waals surface area contributed by atoms with Gasteiger partial charge in [-0.2, -0.15) is 0 Å². The van der Waals surface area contributed by atoms with Gasteiger partial charge >= 0.3 is 0 Å². The molecule has 1 amide bonds. The highest BCUT2D eigenvalue weighted by Gasteiger charge is 2.26. The first kappa shape index (κ1) is 22.0. The van der Waals surface area contributed by atoms with Gasteiger partial charge in [0.1, 0.15) is 5.75 Å². The Bertz CT molecular complexity index is 604. The first-order chi connectivity index (χ1) is 11.1. The third-order valence-corrected chi connectivity index (χ3v) is 5.12. The summed E-state index contributed by atoms with van der Waals surface area (Å²) in [6, 6.07) is 1.89. The minimum absolute atomic E-state index is 0. The Hall–Kier alpha value is -1.01. The van der Waals surface area contributed by atoms with E-state index in [1.165, 1.54) is 24.8 Å². The molecule has 1 heterocycles. The minimum atomic E-state index is -0.0901. The van der Waals surface area contributed by atoms with E-state index in [2.05, 4.69) is 17.1 Å². The number of phenols is 1. The molecule has 7 heteroatoms. The SMILES string of the molecule is Cc1cc(CNC(=O)CN2CCCCC2)c(O)c2c1CCC2N.Cl.Cl. The van der Waals surface area contributed by atoms with Gasteiger partial charge in [-0.05, 0) is 56.8 Å². The molecule has 4 N–H and O–H groups in total. The number of amides is 1. The molecule has 1 aromatic rings. The maximum Gasteiger partial charge on any atom is 0.234 e. The van der Waals surface area contributed by atoms with Crippen molar-refractivity contribution in [2.24, 2.45) is 5.73 Å². The third-order valence-electron chi connectivity index (χ3n) is 5.12. The van der Waals surface area contributed by atoms with E-state index in [1.54, 1.807) is 0 Å². The van der Waals surface area contributed by atoms with Gasteiger partial charge in [-0.3, -0.25) is 9.69 Å². The zero-order valence-electron chi connectivity index (χ0n) is 14.7. The Morgan fingerprint density at radius 2 is 2.00 bits per heavy atom. The summed E-state index contributed by atoms with van der Waals surface area (Å²) in [5.41, 5.74) is 10.1. The summed E-state index contributed by atoms with van der Waals surface area (Å²) in [5.74, 6) is 0.294. The van der Waals surface area contributed by atoms with E-state index in [4.69, 9.17) is 5.73 Å². The number of carbonyl (C=O) groups excluding carboxylic acids is 1. The molecule has 0 saturated carbocycles. The number of rotatable bonds is 4. The zero-order chi connectivity index (χ0) is 16.4. The average Bonchev–Trinajstić information content (AvgIpc) is 2.93. The molecule has 142 valence electrons. The summed E-state index contributed by atoms with van der Waals surface area (Å²) in [5, 5.41) is 13.4. The van der Waals surface area contributed by atoms with Gasteiger partial charge in [0.2, 0.25) is 5.91 Å². The summed E-state index contributed by atoms with van der Waals surface area (Å²) < 4.78 is 0. The van der Waals surface area contributed by atoms with E-state index < -0.39 is 0 Å². The van der Waals surface area contributed by atoms with Gasteiger partial charge < -0.3 is 16.2 Å². The van der Waals surface area contributed by atoms with E-state index in [0.29, 0.717) is 13.1 Å². The number of benzene rings is 1. The van der Waals surface area contributed by atoms with Gasteiger partial charge in [-0.25, -0.2) is 0 Å². The largest absolute Gasteiger partial charge is 0.507 e. The van der Waals surface area contributed by atoms with Crippen LogP contribution in [0.1, 0.15) is 54.0 Å². The molecule has 0 bridgehead atoms. The van der Waals surface area contributed by atoms with E-state index in [0.717, 1.165) is 42.6 Å². The predicted molar refractivity (Wildman–Crippen MR) is 105 cm³/mol. The molecule has 0 aromatic heterocycles. The second-order valence-electron chi connectivity index (χ2n) is 6.85. The number of nitrogens with one attached hydrogen (secondary N) is 1. The average molecular weight is 390 g/mol. The van der Waals surface area contributed by atoms with Gasteiger partial charge in [-0.1, -0.05) is 12.5 Å². The van der Waals surface area contributed by atoms with Crippen LogP contribution in [-0.2, 0) is 17.8 Å². The lowest BCUT2D eigenvalue weighted by atomic mass is 9.98. The van der Waals surface area contributed by atoms with Gasteiger partial charge in [0.05, 0.1) is 6.54 Å². The summed E-state index contributed by atoms with van der Waals surface area (Å²) >= 11 is 0. The van der Waals surface area contributed by atoms with Crippen LogP contribution in [0.3, 0.4) is 0 Å². The number of carbonyl (C=O) groups is 1. The van der Waals surface area contributed by atoms with Crippen molar-refractivity contribution < 1.29 is 9.90 Å². The number of aromatic hydroxyl groups is 1. The lowest BCUT2D eigenvalue weighted by Gasteiger charge is -2.25. The number of nitrogens with zero attached hydrogens (tertiary/aromatic N) is 1. The van der Waals surface area contributed by atoms with Crippen molar-refractivity contribution in [1.82, 2.24) is 10.2 Å². The number of hydrogen-bond acceptors (Lipinski definition) is 4. The molecule has 5 nitrogen and oxygen atoms in total. The monoisotopic (exact) mass is 389 g/mol. The highest BCUT2D eigenvalue weighted by atomic mass is 35.5. The minimum Gasteiger partial charge on any atom is -0.507 e. The molecule has 0 spiro atoms. The number of fused-ring (bicyclic) bond motifs is 1. The number of hydrogen-bond donors (Lipinski definition) is 3. The van der Waals surface area contributed by atoms with Crippen LogP contribution in [0, 0.1) is 6.92 Å². The number of likely N-dealkylation sites (tertiary alicyclic amines) is 1. The quantitative estimate of drug-likeness (QED) is 0.739. The second-order valence-corrected chi connectivity index (χ2v) is 6.85. The van der Waals surface area contributed by atoms with Crippen LogP contribution in [0.5, 0.6) is 5.75 Å². The predicted octanol–water partition coefficient (Wildman–Crippen LogP) is 2.59. The summed E-state index contributed by atoms with van der Waals surface area (Å²) in [6.45, 7) is 4.87. The standard InChI is InChI=1S/C18H27N3O2.2ClH/c1-12-9-13(18(23)17-14(12)5-6-15(17)19)10-20-16(22)11-21-7-3-2-4-8-21;;/h9,15,23H,2-8,10-11,19H2,1H3,(H,20,22);2*1H. The molecule has 1 fully saturated rings. The molecule has 1 atom stereocenters. The Balaban J connectivity index is 0.00000156. The van der Waals surface area contributed by atoms with Crippen molar-refractivity contribution in [3.05, 3.63) is 28.3 Å². The highest BCUT2D eigenvalue weighted by Crippen LogP contribution is 2.40. The molecule has 1 aliphatic carbocycles. The van der Waals surface area contributed by atoms with Crippen LogP contribution in [0.2, 0.25) is 0 Å². The number of nitrogens with two attached hydrogens (primary N) is 1. The number of aryl methyl sites for hydroxylation is 1. The van der Waals surface area contributed by atoms with E-state index >= 15 is 0 Å². The molecule has 2 aliphatic rings. The Morgan fingerprint density at radius 1 is 1.32 bits per heavy atom. The fourth-order valence-corrected chi connectivity index (χ4v) is 3.83. The first-order valence-electron chi connectivity index (χ1n) is 8.65. The van der Waals surface area contributed by atoms with Crippen molar-refractivity contribution in [3.63, 3.8) is 0 Å². The molecule has 3 rings (SSSR count). The first-order valence-corrected chi connectivity index (χ1v) is 8.65. The van der Waals surface area contributed by atoms with Crippen LogP contribution in [0.25, 0.3) is 0 Å². The topological polar surface area (TPSA) is 78.6 Å². The molecule has 1 aliphatic heterocycles. The Morgan fingerprint density at radius 3 is 2.68 bits per heavy atom. The van der Waals surface area contributed by atoms with Crippen molar-refractivity contribution in [1.29, 1.82) is 0 Å². The number of piperidine rings is 1. The zero-order valence-corrected chi connectivity index (χ0v) is 16.3. The van der Waals surface area contributed by atoms with Crippen molar-refractivity contribution in [2.45, 2.75) is 51.6 Å². The maximum absolute atomic E-state index is 12.1. The fourth-order valence-electron chi connectivity index (χ4n) is 3.83. The number of phenolic OH excluding ortho intramolecular Hbond substituents is 1. The lowest BCUT2D eigenvalue weighted by Crippen LogP contribution is -2.39.